The Morgan fingerprint density at radius 2 is 1.75 bits per heavy atom. The van der Waals surface area contributed by atoms with E-state index in [9.17, 15) is 4.79 Å². The maximum absolute atomic E-state index is 13.4. The molecule has 0 N–H and O–H groups in total. The lowest BCUT2D eigenvalue weighted by atomic mass is 9.95. The van der Waals surface area contributed by atoms with Gasteiger partial charge in [0.15, 0.2) is 11.3 Å². The molecule has 1 saturated heterocycles. The van der Waals surface area contributed by atoms with Crippen LogP contribution in [0.1, 0.15) is 66.1 Å². The summed E-state index contributed by atoms with van der Waals surface area (Å²) in [6.45, 7) is 7.53. The molecule has 4 heterocycles. The van der Waals surface area contributed by atoms with Crippen molar-refractivity contribution in [2.45, 2.75) is 45.4 Å². The second-order valence-electron chi connectivity index (χ2n) is 8.78. The SMILES string of the molecule is Cc1ccc(-n2nnc(C(=O)N3CCC(c4nnc5ccccn45)CC3)c2C(C)C)cc1. The Morgan fingerprint density at radius 1 is 1.00 bits per heavy atom. The lowest BCUT2D eigenvalue weighted by Crippen LogP contribution is -2.39. The quantitative estimate of drug-likeness (QED) is 0.493. The lowest BCUT2D eigenvalue weighted by Gasteiger charge is -2.31. The number of pyridine rings is 1. The number of nitrogens with zero attached hydrogens (tertiary/aromatic N) is 7. The number of rotatable bonds is 4. The van der Waals surface area contributed by atoms with Crippen LogP contribution in [-0.2, 0) is 0 Å². The van der Waals surface area contributed by atoms with E-state index < -0.39 is 0 Å². The number of aryl methyl sites for hydroxylation is 1. The molecule has 1 amide bonds. The molecule has 8 heteroatoms. The largest absolute Gasteiger partial charge is 0.337 e. The summed E-state index contributed by atoms with van der Waals surface area (Å²) in [6.07, 6.45) is 3.70. The average Bonchev–Trinajstić information content (AvgIpc) is 3.44. The van der Waals surface area contributed by atoms with Crippen molar-refractivity contribution in [1.82, 2.24) is 34.5 Å². The average molecular weight is 430 g/mol. The first-order chi connectivity index (χ1) is 15.5. The Hall–Kier alpha value is -3.55. The highest BCUT2D eigenvalue weighted by Gasteiger charge is 2.31. The summed E-state index contributed by atoms with van der Waals surface area (Å²) < 4.78 is 3.85. The normalized spacial score (nSPS) is 15.1. The third-order valence-corrected chi connectivity index (χ3v) is 6.22. The van der Waals surface area contributed by atoms with Gasteiger partial charge in [-0.15, -0.1) is 15.3 Å². The highest BCUT2D eigenvalue weighted by molar-refractivity contribution is 5.93. The minimum Gasteiger partial charge on any atom is -0.337 e. The zero-order valence-corrected chi connectivity index (χ0v) is 18.6. The molecule has 8 nitrogen and oxygen atoms in total. The van der Waals surface area contributed by atoms with Crippen LogP contribution in [0, 0.1) is 6.92 Å². The van der Waals surface area contributed by atoms with Crippen LogP contribution in [0.25, 0.3) is 11.3 Å². The van der Waals surface area contributed by atoms with E-state index in [1.165, 1.54) is 5.56 Å². The minimum absolute atomic E-state index is 0.0448. The van der Waals surface area contributed by atoms with E-state index >= 15 is 0 Å². The van der Waals surface area contributed by atoms with Crippen molar-refractivity contribution in [3.8, 4) is 5.69 Å². The van der Waals surface area contributed by atoms with Gasteiger partial charge in [0.25, 0.3) is 5.91 Å². The van der Waals surface area contributed by atoms with Gasteiger partial charge in [-0.3, -0.25) is 9.20 Å². The molecule has 1 aliphatic rings. The highest BCUT2D eigenvalue weighted by atomic mass is 16.2. The Kier molecular flexibility index (Phi) is 5.20. The Morgan fingerprint density at radius 3 is 2.47 bits per heavy atom. The Bertz CT molecular complexity index is 1250. The van der Waals surface area contributed by atoms with Crippen LogP contribution in [0.4, 0.5) is 0 Å². The van der Waals surface area contributed by atoms with Gasteiger partial charge in [-0.1, -0.05) is 42.8 Å². The second kappa shape index (κ2) is 8.18. The fourth-order valence-corrected chi connectivity index (χ4v) is 4.47. The molecule has 4 aromatic rings. The van der Waals surface area contributed by atoms with Crippen molar-refractivity contribution in [2.75, 3.05) is 13.1 Å². The number of benzene rings is 1. The van der Waals surface area contributed by atoms with Crippen molar-refractivity contribution in [2.24, 2.45) is 0 Å². The van der Waals surface area contributed by atoms with Crippen molar-refractivity contribution in [1.29, 1.82) is 0 Å². The molecule has 0 atom stereocenters. The molecule has 1 aromatic carbocycles. The summed E-state index contributed by atoms with van der Waals surface area (Å²) in [7, 11) is 0. The van der Waals surface area contributed by atoms with E-state index in [0.29, 0.717) is 18.8 Å². The highest BCUT2D eigenvalue weighted by Crippen LogP contribution is 2.29. The van der Waals surface area contributed by atoms with Gasteiger partial charge in [-0.2, -0.15) is 0 Å². The van der Waals surface area contributed by atoms with E-state index in [0.717, 1.165) is 35.7 Å². The van der Waals surface area contributed by atoms with Crippen LogP contribution in [0.3, 0.4) is 0 Å². The number of hydrogen-bond donors (Lipinski definition) is 0. The molecule has 0 bridgehead atoms. The van der Waals surface area contributed by atoms with Crippen molar-refractivity contribution >= 4 is 11.6 Å². The molecule has 164 valence electrons. The molecule has 0 unspecified atom stereocenters. The smallest absolute Gasteiger partial charge is 0.276 e. The van der Waals surface area contributed by atoms with Crippen LogP contribution >= 0.6 is 0 Å². The number of fused-ring (bicyclic) bond motifs is 1. The predicted molar refractivity (Wildman–Crippen MR) is 121 cm³/mol. The minimum atomic E-state index is -0.0448. The summed E-state index contributed by atoms with van der Waals surface area (Å²) in [6, 6.07) is 14.0. The molecule has 0 spiro atoms. The second-order valence-corrected chi connectivity index (χ2v) is 8.78. The molecular formula is C24H27N7O. The fraction of sp³-hybridized carbons (Fsp3) is 0.375. The molecular weight excluding hydrogens is 402 g/mol. The van der Waals surface area contributed by atoms with Gasteiger partial charge in [0.05, 0.1) is 11.4 Å². The molecule has 32 heavy (non-hydrogen) atoms. The van der Waals surface area contributed by atoms with Gasteiger partial charge in [0.1, 0.15) is 5.82 Å². The molecule has 1 aliphatic heterocycles. The number of likely N-dealkylation sites (tertiary alicyclic amines) is 1. The maximum Gasteiger partial charge on any atom is 0.276 e. The zero-order chi connectivity index (χ0) is 22.2. The van der Waals surface area contributed by atoms with Crippen molar-refractivity contribution < 1.29 is 4.79 Å². The van der Waals surface area contributed by atoms with Gasteiger partial charge in [0, 0.05) is 25.2 Å². The lowest BCUT2D eigenvalue weighted by molar-refractivity contribution is 0.0703. The standard InChI is InChI=1S/C24H27N7O/c1-16(2)22-21(26-28-31(22)19-9-7-17(3)8-10-19)24(32)29-14-11-18(12-15-29)23-27-25-20-6-4-5-13-30(20)23/h4-10,13,16,18H,11-12,14-15H2,1-3H3. The summed E-state index contributed by atoms with van der Waals surface area (Å²) in [5.41, 5.74) is 4.26. The van der Waals surface area contributed by atoms with E-state index in [1.807, 2.05) is 58.0 Å². The third kappa shape index (κ3) is 3.55. The summed E-state index contributed by atoms with van der Waals surface area (Å²) in [5, 5.41) is 17.3. The summed E-state index contributed by atoms with van der Waals surface area (Å²) in [5.74, 6) is 1.33. The number of aromatic nitrogens is 6. The van der Waals surface area contributed by atoms with Crippen LogP contribution in [-0.4, -0.2) is 53.5 Å². The number of hydrogen-bond acceptors (Lipinski definition) is 5. The van der Waals surface area contributed by atoms with E-state index in [1.54, 1.807) is 4.68 Å². The van der Waals surface area contributed by atoms with Crippen LogP contribution in [0.5, 0.6) is 0 Å². The van der Waals surface area contributed by atoms with Crippen LogP contribution < -0.4 is 0 Å². The van der Waals surface area contributed by atoms with Gasteiger partial charge in [0.2, 0.25) is 0 Å². The maximum atomic E-state index is 13.4. The van der Waals surface area contributed by atoms with Crippen LogP contribution in [0.15, 0.2) is 48.7 Å². The number of piperidine rings is 1. The molecule has 0 radical (unpaired) electrons. The summed E-state index contributed by atoms with van der Waals surface area (Å²) in [4.78, 5) is 15.3. The summed E-state index contributed by atoms with van der Waals surface area (Å²) >= 11 is 0. The Balaban J connectivity index is 1.36. The van der Waals surface area contributed by atoms with E-state index in [2.05, 4.69) is 41.3 Å². The Labute approximate surface area is 186 Å². The zero-order valence-electron chi connectivity index (χ0n) is 18.6. The molecule has 3 aromatic heterocycles. The van der Waals surface area contributed by atoms with Gasteiger partial charge in [-0.25, -0.2) is 4.68 Å². The van der Waals surface area contributed by atoms with Crippen LogP contribution in [0.2, 0.25) is 0 Å². The number of carbonyl (C=O) groups is 1. The first-order valence-corrected chi connectivity index (χ1v) is 11.1. The molecule has 0 saturated carbocycles. The third-order valence-electron chi connectivity index (χ3n) is 6.22. The fourth-order valence-electron chi connectivity index (χ4n) is 4.47. The molecule has 0 aliphatic carbocycles. The monoisotopic (exact) mass is 429 g/mol. The predicted octanol–water partition coefficient (Wildman–Crippen LogP) is 3.76. The first kappa shape index (κ1) is 20.4. The van der Waals surface area contributed by atoms with Crippen molar-refractivity contribution in [3.05, 3.63) is 71.4 Å². The van der Waals surface area contributed by atoms with Gasteiger partial charge < -0.3 is 4.90 Å². The molecule has 5 rings (SSSR count). The van der Waals surface area contributed by atoms with E-state index in [4.69, 9.17) is 0 Å². The first-order valence-electron chi connectivity index (χ1n) is 11.1. The van der Waals surface area contributed by atoms with Crippen molar-refractivity contribution in [3.63, 3.8) is 0 Å². The van der Waals surface area contributed by atoms with Gasteiger partial charge >= 0.3 is 0 Å². The van der Waals surface area contributed by atoms with Gasteiger partial charge in [-0.05, 0) is 49.9 Å². The topological polar surface area (TPSA) is 81.2 Å². The molecule has 1 fully saturated rings. The number of carbonyl (C=O) groups excluding carboxylic acids is 1. The van der Waals surface area contributed by atoms with E-state index in [-0.39, 0.29) is 17.7 Å². The number of amides is 1.